The van der Waals surface area contributed by atoms with Crippen LogP contribution in [0, 0.1) is 12.8 Å². The molecule has 2 nitrogen and oxygen atoms in total. The summed E-state index contributed by atoms with van der Waals surface area (Å²) in [6.07, 6.45) is 12.2. The third-order valence-electron chi connectivity index (χ3n) is 10.5. The van der Waals surface area contributed by atoms with Gasteiger partial charge in [-0.2, -0.15) is 0 Å². The maximum Gasteiger partial charge on any atom is 0.126 e. The van der Waals surface area contributed by atoms with Crippen molar-refractivity contribution in [3.05, 3.63) is 191 Å². The molecule has 0 bridgehead atoms. The molecule has 1 atom stereocenters. The number of hydrogen-bond donors (Lipinski definition) is 0. The first-order valence-corrected chi connectivity index (χ1v) is 19.1. The predicted molar refractivity (Wildman–Crippen MR) is 217 cm³/mol. The number of rotatable bonds is 7. The van der Waals surface area contributed by atoms with Crippen LogP contribution in [-0.4, -0.2) is 6.26 Å². The average Bonchev–Trinajstić information content (AvgIpc) is 3.57. The molecule has 6 aromatic carbocycles. The number of ether oxygens (including phenoxy) is 1. The number of nitrogens with zero attached hydrogens (tertiary/aromatic N) is 1. The number of anilines is 3. The Balaban J connectivity index is 1.24. The van der Waals surface area contributed by atoms with Crippen LogP contribution in [0.3, 0.4) is 0 Å². The Morgan fingerprint density at radius 3 is 2.24 bits per heavy atom. The fourth-order valence-corrected chi connectivity index (χ4v) is 8.70. The van der Waals surface area contributed by atoms with Gasteiger partial charge in [-0.1, -0.05) is 115 Å². The maximum atomic E-state index is 6.85. The van der Waals surface area contributed by atoms with Crippen molar-refractivity contribution in [2.45, 2.75) is 26.2 Å². The van der Waals surface area contributed by atoms with E-state index in [0.717, 1.165) is 47.8 Å². The van der Waals surface area contributed by atoms with Crippen LogP contribution in [0.25, 0.3) is 38.6 Å². The molecule has 0 aromatic heterocycles. The summed E-state index contributed by atoms with van der Waals surface area (Å²) in [5.74, 6) is 2.46. The molecule has 3 heteroatoms. The molecule has 0 fully saturated rings. The van der Waals surface area contributed by atoms with E-state index in [1.54, 1.807) is 0 Å². The van der Waals surface area contributed by atoms with Crippen LogP contribution in [0.2, 0.25) is 0 Å². The molecule has 0 amide bonds. The molecule has 1 unspecified atom stereocenters. The SMILES string of the molecule is CSC1=CCC2C3=C(C=CCC3)OC2=C1c1c(C)cccc1N(c1ccc(-c2ccccc2)cc1)c1cccc(-c2ccc3ccccc3c2)c1. The molecule has 6 aromatic rings. The minimum Gasteiger partial charge on any atom is -0.460 e. The Bertz CT molecular complexity index is 2410. The van der Waals surface area contributed by atoms with Crippen LogP contribution in [0.4, 0.5) is 17.1 Å². The summed E-state index contributed by atoms with van der Waals surface area (Å²) in [5.41, 5.74) is 13.3. The summed E-state index contributed by atoms with van der Waals surface area (Å²) in [6.45, 7) is 2.25. The summed E-state index contributed by atoms with van der Waals surface area (Å²) >= 11 is 1.82. The van der Waals surface area contributed by atoms with Gasteiger partial charge in [-0.05, 0) is 119 Å². The minimum absolute atomic E-state index is 0.290. The van der Waals surface area contributed by atoms with Gasteiger partial charge >= 0.3 is 0 Å². The summed E-state index contributed by atoms with van der Waals surface area (Å²) in [4.78, 5) is 3.73. The Kier molecular flexibility index (Phi) is 8.22. The second-order valence-corrected chi connectivity index (χ2v) is 14.4. The molecule has 2 aliphatic carbocycles. The maximum absolute atomic E-state index is 6.85. The van der Waals surface area contributed by atoms with Gasteiger partial charge in [0.25, 0.3) is 0 Å². The van der Waals surface area contributed by atoms with Crippen molar-refractivity contribution in [3.63, 3.8) is 0 Å². The van der Waals surface area contributed by atoms with Gasteiger partial charge < -0.3 is 9.64 Å². The van der Waals surface area contributed by atoms with E-state index >= 15 is 0 Å². The number of aryl methyl sites for hydroxylation is 1. The molecule has 3 aliphatic rings. The fourth-order valence-electron chi connectivity index (χ4n) is 8.03. The molecule has 1 heterocycles. The van der Waals surface area contributed by atoms with Gasteiger partial charge in [0.05, 0.1) is 5.69 Å². The number of hydrogen-bond acceptors (Lipinski definition) is 3. The summed E-state index contributed by atoms with van der Waals surface area (Å²) in [6, 6.07) is 50.7. The van der Waals surface area contributed by atoms with E-state index in [9.17, 15) is 0 Å². The lowest BCUT2D eigenvalue weighted by Crippen LogP contribution is -2.16. The van der Waals surface area contributed by atoms with Crippen LogP contribution >= 0.6 is 11.8 Å². The highest BCUT2D eigenvalue weighted by molar-refractivity contribution is 8.03. The molecule has 0 radical (unpaired) electrons. The standard InChI is InChI=1S/C48H39NOS/c1-32-12-10-20-43(46(32)47-45(51-2)29-28-42-41-19-8-9-21-44(41)50-48(42)47)49(39-26-24-35(25-27-39)33-13-4-3-5-14-33)40-18-11-17-37(31-40)38-23-22-34-15-6-7-16-36(34)30-38/h3-7,9-18,20-27,29-31,42H,8,19,28H2,1-2H3. The molecule has 0 saturated carbocycles. The van der Waals surface area contributed by atoms with Crippen molar-refractivity contribution in [1.29, 1.82) is 0 Å². The second-order valence-electron chi connectivity index (χ2n) is 13.6. The van der Waals surface area contributed by atoms with E-state index in [1.807, 2.05) is 11.8 Å². The molecular weight excluding hydrogens is 639 g/mol. The van der Waals surface area contributed by atoms with Gasteiger partial charge in [-0.3, -0.25) is 0 Å². The molecule has 9 rings (SSSR count). The lowest BCUT2D eigenvalue weighted by atomic mass is 9.82. The quantitative estimate of drug-likeness (QED) is 0.167. The van der Waals surface area contributed by atoms with E-state index in [4.69, 9.17) is 4.74 Å². The van der Waals surface area contributed by atoms with Crippen LogP contribution in [-0.2, 0) is 4.74 Å². The number of allylic oxidation sites excluding steroid dienone is 5. The highest BCUT2D eigenvalue weighted by atomic mass is 32.2. The van der Waals surface area contributed by atoms with E-state index in [-0.39, 0.29) is 5.92 Å². The highest BCUT2D eigenvalue weighted by Gasteiger charge is 2.38. The summed E-state index contributed by atoms with van der Waals surface area (Å²) in [5, 5.41) is 2.50. The fraction of sp³-hybridized carbons (Fsp3) is 0.125. The molecule has 51 heavy (non-hydrogen) atoms. The Morgan fingerprint density at radius 1 is 0.667 bits per heavy atom. The second kappa shape index (κ2) is 13.3. The third-order valence-corrected chi connectivity index (χ3v) is 11.3. The van der Waals surface area contributed by atoms with Crippen molar-refractivity contribution in [2.24, 2.45) is 5.92 Å². The zero-order valence-electron chi connectivity index (χ0n) is 29.0. The highest BCUT2D eigenvalue weighted by Crippen LogP contribution is 2.53. The van der Waals surface area contributed by atoms with Gasteiger partial charge in [0.15, 0.2) is 0 Å². The largest absolute Gasteiger partial charge is 0.460 e. The van der Waals surface area contributed by atoms with E-state index in [2.05, 4.69) is 176 Å². The van der Waals surface area contributed by atoms with Gasteiger partial charge in [-0.15, -0.1) is 11.8 Å². The van der Waals surface area contributed by atoms with Crippen LogP contribution < -0.4 is 4.90 Å². The van der Waals surface area contributed by atoms with Crippen molar-refractivity contribution in [1.82, 2.24) is 0 Å². The number of fused-ring (bicyclic) bond motifs is 3. The lowest BCUT2D eigenvalue weighted by Gasteiger charge is -2.32. The topological polar surface area (TPSA) is 12.5 Å². The first-order chi connectivity index (χ1) is 25.2. The van der Waals surface area contributed by atoms with Crippen molar-refractivity contribution in [2.75, 3.05) is 11.2 Å². The normalized spacial score (nSPS) is 16.5. The summed E-state index contributed by atoms with van der Waals surface area (Å²) in [7, 11) is 0. The minimum atomic E-state index is 0.290. The van der Waals surface area contributed by atoms with E-state index in [0.29, 0.717) is 0 Å². The Labute approximate surface area is 305 Å². The first kappa shape index (κ1) is 31.5. The van der Waals surface area contributed by atoms with Gasteiger partial charge in [0.1, 0.15) is 11.5 Å². The third kappa shape index (κ3) is 5.72. The molecule has 0 N–H and O–H groups in total. The van der Waals surface area contributed by atoms with Crippen LogP contribution in [0.5, 0.6) is 0 Å². The molecule has 248 valence electrons. The summed E-state index contributed by atoms with van der Waals surface area (Å²) < 4.78 is 6.85. The van der Waals surface area contributed by atoms with Crippen molar-refractivity contribution in [3.8, 4) is 22.3 Å². The smallest absolute Gasteiger partial charge is 0.126 e. The van der Waals surface area contributed by atoms with E-state index < -0.39 is 0 Å². The van der Waals surface area contributed by atoms with Crippen molar-refractivity contribution >= 4 is 45.2 Å². The zero-order valence-corrected chi connectivity index (χ0v) is 29.8. The zero-order chi connectivity index (χ0) is 34.3. The van der Waals surface area contributed by atoms with Crippen molar-refractivity contribution < 1.29 is 4.74 Å². The first-order valence-electron chi connectivity index (χ1n) is 17.9. The number of thioether (sulfide) groups is 1. The van der Waals surface area contributed by atoms with Crippen LogP contribution in [0.1, 0.15) is 30.4 Å². The van der Waals surface area contributed by atoms with Gasteiger partial charge in [0, 0.05) is 33.3 Å². The average molecular weight is 678 g/mol. The van der Waals surface area contributed by atoms with Gasteiger partial charge in [0.2, 0.25) is 0 Å². The Morgan fingerprint density at radius 2 is 1.39 bits per heavy atom. The predicted octanol–water partition coefficient (Wildman–Crippen LogP) is 13.6. The molecular formula is C48H39NOS. The molecule has 1 aliphatic heterocycles. The van der Waals surface area contributed by atoms with Crippen LogP contribution in [0.15, 0.2) is 180 Å². The number of benzene rings is 6. The monoisotopic (exact) mass is 677 g/mol. The molecule has 0 saturated heterocycles. The lowest BCUT2D eigenvalue weighted by molar-refractivity contribution is 0.319. The van der Waals surface area contributed by atoms with Gasteiger partial charge in [-0.25, -0.2) is 0 Å². The molecule has 0 spiro atoms. The Hall–Kier alpha value is -5.51. The van der Waals surface area contributed by atoms with E-state index in [1.165, 1.54) is 60.2 Å².